The molecule has 0 amide bonds. The standard InChI is InChI=1S/C19H19FN2O2/c20-15-9-7-14(8-10-15)12-21-11-3-4-16(13-21)22-17-5-1-2-6-18(17)24-19(22)23/h1-2,5-10,16H,3-4,11-13H2. The van der Waals surface area contributed by atoms with E-state index in [2.05, 4.69) is 4.90 Å². The highest BCUT2D eigenvalue weighted by molar-refractivity contribution is 5.72. The fourth-order valence-corrected chi connectivity index (χ4v) is 3.56. The highest BCUT2D eigenvalue weighted by atomic mass is 19.1. The van der Waals surface area contributed by atoms with E-state index in [1.165, 1.54) is 12.1 Å². The fraction of sp³-hybridized carbons (Fsp3) is 0.316. The van der Waals surface area contributed by atoms with Gasteiger partial charge in [-0.1, -0.05) is 24.3 Å². The highest BCUT2D eigenvalue weighted by Crippen LogP contribution is 2.25. The van der Waals surface area contributed by atoms with Crippen molar-refractivity contribution in [3.8, 4) is 0 Å². The zero-order valence-electron chi connectivity index (χ0n) is 13.3. The molecule has 1 saturated heterocycles. The molecule has 1 aromatic heterocycles. The maximum Gasteiger partial charge on any atom is 0.420 e. The third kappa shape index (κ3) is 2.87. The first kappa shape index (κ1) is 15.1. The number of hydrogen-bond acceptors (Lipinski definition) is 3. The zero-order chi connectivity index (χ0) is 16.5. The summed E-state index contributed by atoms with van der Waals surface area (Å²) in [4.78, 5) is 14.6. The summed E-state index contributed by atoms with van der Waals surface area (Å²) in [6.07, 6.45) is 1.99. The van der Waals surface area contributed by atoms with Gasteiger partial charge in [0.25, 0.3) is 0 Å². The molecule has 1 aliphatic heterocycles. The Kier molecular flexibility index (Phi) is 3.94. The second kappa shape index (κ2) is 6.24. The van der Waals surface area contributed by atoms with Gasteiger partial charge in [0, 0.05) is 13.1 Å². The van der Waals surface area contributed by atoms with E-state index in [0.29, 0.717) is 5.58 Å². The van der Waals surface area contributed by atoms with Crippen molar-refractivity contribution < 1.29 is 8.81 Å². The molecule has 1 atom stereocenters. The van der Waals surface area contributed by atoms with Gasteiger partial charge in [0.15, 0.2) is 5.58 Å². The van der Waals surface area contributed by atoms with E-state index < -0.39 is 0 Å². The summed E-state index contributed by atoms with van der Waals surface area (Å²) < 4.78 is 20.2. The maximum absolute atomic E-state index is 13.0. The van der Waals surface area contributed by atoms with Crippen LogP contribution in [0.2, 0.25) is 0 Å². The Bertz CT molecular complexity index is 898. The van der Waals surface area contributed by atoms with Gasteiger partial charge in [-0.05, 0) is 49.2 Å². The van der Waals surface area contributed by atoms with Crippen molar-refractivity contribution in [1.29, 1.82) is 0 Å². The molecule has 0 aliphatic carbocycles. The van der Waals surface area contributed by atoms with Crippen LogP contribution in [0, 0.1) is 5.82 Å². The Hall–Kier alpha value is -2.40. The summed E-state index contributed by atoms with van der Waals surface area (Å²) in [5, 5.41) is 0. The van der Waals surface area contributed by atoms with Crippen LogP contribution in [0.4, 0.5) is 4.39 Å². The van der Waals surface area contributed by atoms with Gasteiger partial charge in [0.05, 0.1) is 11.6 Å². The van der Waals surface area contributed by atoms with Crippen LogP contribution >= 0.6 is 0 Å². The lowest BCUT2D eigenvalue weighted by atomic mass is 10.0. The van der Waals surface area contributed by atoms with E-state index in [-0.39, 0.29) is 17.6 Å². The molecule has 5 heteroatoms. The van der Waals surface area contributed by atoms with Crippen LogP contribution < -0.4 is 5.76 Å². The number of fused-ring (bicyclic) bond motifs is 1. The van der Waals surface area contributed by atoms with Gasteiger partial charge < -0.3 is 4.42 Å². The molecule has 24 heavy (non-hydrogen) atoms. The van der Waals surface area contributed by atoms with Crippen molar-refractivity contribution in [1.82, 2.24) is 9.47 Å². The second-order valence-electron chi connectivity index (χ2n) is 6.36. The first-order valence-corrected chi connectivity index (χ1v) is 8.27. The SMILES string of the molecule is O=c1oc2ccccc2n1C1CCCN(Cc2ccc(F)cc2)C1. The lowest BCUT2D eigenvalue weighted by molar-refractivity contribution is 0.168. The van der Waals surface area contributed by atoms with Gasteiger partial charge in [0.2, 0.25) is 0 Å². The number of piperidine rings is 1. The summed E-state index contributed by atoms with van der Waals surface area (Å²) >= 11 is 0. The molecule has 4 nitrogen and oxygen atoms in total. The normalized spacial score (nSPS) is 19.0. The molecule has 0 N–H and O–H groups in total. The molecule has 2 heterocycles. The van der Waals surface area contributed by atoms with Crippen molar-refractivity contribution in [3.05, 3.63) is 70.5 Å². The maximum atomic E-state index is 13.0. The van der Waals surface area contributed by atoms with Gasteiger partial charge in [0.1, 0.15) is 5.82 Å². The quantitative estimate of drug-likeness (QED) is 0.738. The molecule has 0 bridgehead atoms. The van der Waals surface area contributed by atoms with Crippen LogP contribution in [-0.4, -0.2) is 22.6 Å². The monoisotopic (exact) mass is 326 g/mol. The smallest absolute Gasteiger partial charge is 0.408 e. The van der Waals surface area contributed by atoms with Crippen molar-refractivity contribution in [2.24, 2.45) is 0 Å². The molecule has 0 radical (unpaired) electrons. The number of para-hydroxylation sites is 2. The minimum Gasteiger partial charge on any atom is -0.408 e. The number of rotatable bonds is 3. The highest BCUT2D eigenvalue weighted by Gasteiger charge is 2.25. The molecule has 1 aliphatic rings. The molecule has 0 saturated carbocycles. The number of hydrogen-bond donors (Lipinski definition) is 0. The average Bonchev–Trinajstić information content (AvgIpc) is 2.93. The fourth-order valence-electron chi connectivity index (χ4n) is 3.56. The Morgan fingerprint density at radius 2 is 1.92 bits per heavy atom. The van der Waals surface area contributed by atoms with Crippen LogP contribution in [0.1, 0.15) is 24.4 Å². The summed E-state index contributed by atoms with van der Waals surface area (Å²) in [7, 11) is 0. The average molecular weight is 326 g/mol. The number of oxazole rings is 1. The number of nitrogens with zero attached hydrogens (tertiary/aromatic N) is 2. The molecule has 2 aromatic carbocycles. The zero-order valence-corrected chi connectivity index (χ0v) is 13.3. The molecule has 1 fully saturated rings. The van der Waals surface area contributed by atoms with Crippen LogP contribution in [-0.2, 0) is 6.54 Å². The van der Waals surface area contributed by atoms with E-state index in [4.69, 9.17) is 4.42 Å². The van der Waals surface area contributed by atoms with Gasteiger partial charge in [-0.25, -0.2) is 9.18 Å². The predicted octanol–water partition coefficient (Wildman–Crippen LogP) is 3.57. The van der Waals surface area contributed by atoms with Gasteiger partial charge in [-0.3, -0.25) is 9.47 Å². The minimum atomic E-state index is -0.287. The van der Waals surface area contributed by atoms with E-state index in [9.17, 15) is 9.18 Å². The van der Waals surface area contributed by atoms with E-state index in [1.54, 1.807) is 4.57 Å². The molecule has 124 valence electrons. The van der Waals surface area contributed by atoms with Crippen LogP contribution in [0.5, 0.6) is 0 Å². The van der Waals surface area contributed by atoms with E-state index in [0.717, 1.165) is 43.6 Å². The second-order valence-corrected chi connectivity index (χ2v) is 6.36. The van der Waals surface area contributed by atoms with Crippen molar-refractivity contribution in [3.63, 3.8) is 0 Å². The number of aromatic nitrogens is 1. The molecular formula is C19H19FN2O2. The van der Waals surface area contributed by atoms with Crippen LogP contribution in [0.15, 0.2) is 57.7 Å². The molecule has 1 unspecified atom stereocenters. The van der Waals surface area contributed by atoms with Gasteiger partial charge in [-0.15, -0.1) is 0 Å². The van der Waals surface area contributed by atoms with Crippen LogP contribution in [0.3, 0.4) is 0 Å². The number of likely N-dealkylation sites (tertiary alicyclic amines) is 1. The number of benzene rings is 2. The molecular weight excluding hydrogens is 307 g/mol. The summed E-state index contributed by atoms with van der Waals surface area (Å²) in [5.74, 6) is -0.503. The summed E-state index contributed by atoms with van der Waals surface area (Å²) in [5.41, 5.74) is 2.58. The first-order chi connectivity index (χ1) is 11.7. The van der Waals surface area contributed by atoms with Crippen molar-refractivity contribution in [2.75, 3.05) is 13.1 Å². The Labute approximate surface area is 139 Å². The topological polar surface area (TPSA) is 38.4 Å². The molecule has 3 aromatic rings. The van der Waals surface area contributed by atoms with E-state index >= 15 is 0 Å². The first-order valence-electron chi connectivity index (χ1n) is 8.27. The largest absolute Gasteiger partial charge is 0.420 e. The summed E-state index contributed by atoms with van der Waals surface area (Å²) in [6, 6.07) is 14.3. The third-order valence-corrected chi connectivity index (χ3v) is 4.68. The lowest BCUT2D eigenvalue weighted by Gasteiger charge is -2.33. The summed E-state index contributed by atoms with van der Waals surface area (Å²) in [6.45, 7) is 2.54. The Morgan fingerprint density at radius 3 is 2.75 bits per heavy atom. The van der Waals surface area contributed by atoms with Gasteiger partial charge >= 0.3 is 5.76 Å². The number of halogens is 1. The van der Waals surface area contributed by atoms with Crippen LogP contribution in [0.25, 0.3) is 11.1 Å². The van der Waals surface area contributed by atoms with Crippen molar-refractivity contribution in [2.45, 2.75) is 25.4 Å². The lowest BCUT2D eigenvalue weighted by Crippen LogP contribution is -2.38. The van der Waals surface area contributed by atoms with E-state index in [1.807, 2.05) is 36.4 Å². The Morgan fingerprint density at radius 1 is 1.12 bits per heavy atom. The molecule has 4 rings (SSSR count). The van der Waals surface area contributed by atoms with Gasteiger partial charge in [-0.2, -0.15) is 0 Å². The predicted molar refractivity (Wildman–Crippen MR) is 90.4 cm³/mol. The Balaban J connectivity index is 1.57. The third-order valence-electron chi connectivity index (χ3n) is 4.68. The molecule has 0 spiro atoms. The minimum absolute atomic E-state index is 0.107. The van der Waals surface area contributed by atoms with Crippen molar-refractivity contribution >= 4 is 11.1 Å².